The van der Waals surface area contributed by atoms with E-state index in [1.165, 1.54) is 11.3 Å². The fraction of sp³-hybridized carbons (Fsp3) is 0.421. The van der Waals surface area contributed by atoms with E-state index >= 15 is 0 Å². The van der Waals surface area contributed by atoms with Gasteiger partial charge in [0.05, 0.1) is 5.69 Å². The van der Waals surface area contributed by atoms with Crippen LogP contribution in [0.15, 0.2) is 24.3 Å². The highest BCUT2D eigenvalue weighted by molar-refractivity contribution is 7.15. The molecule has 0 bridgehead atoms. The van der Waals surface area contributed by atoms with Gasteiger partial charge in [0.1, 0.15) is 6.54 Å². The number of hydrogen-bond acceptors (Lipinski definition) is 5. The van der Waals surface area contributed by atoms with Crippen LogP contribution < -0.4 is 5.32 Å². The van der Waals surface area contributed by atoms with Crippen LogP contribution in [0.25, 0.3) is 0 Å². The molecule has 2 aromatic rings. The van der Waals surface area contributed by atoms with E-state index in [4.69, 9.17) is 0 Å². The topological polar surface area (TPSA) is 65.5 Å². The van der Waals surface area contributed by atoms with E-state index < -0.39 is 0 Å². The molecule has 2 rings (SSSR count). The lowest BCUT2D eigenvalue weighted by molar-refractivity contribution is -0.116. The molecule has 0 fully saturated rings. The molecule has 26 heavy (non-hydrogen) atoms. The number of carbonyl (C=O) groups is 2. The Balaban J connectivity index is 2.08. The number of carbonyl (C=O) groups excluding carboxylic acids is 2. The standard InChI is InChI=1S/C19H26N4O2S/c1-13-6-8-16(9-7-13)18(25)23(11-10-22(4)5)12-17(24)21-19-20-14(2)15(3)26-19/h6-9H,10-12H2,1-5H3,(H,20,21,24). The van der Waals surface area contributed by atoms with Crippen molar-refractivity contribution in [1.29, 1.82) is 0 Å². The third-order valence-corrected chi connectivity index (χ3v) is 5.00. The fourth-order valence-corrected chi connectivity index (χ4v) is 3.14. The average Bonchev–Trinajstić information content (AvgIpc) is 2.88. The van der Waals surface area contributed by atoms with Gasteiger partial charge in [-0.2, -0.15) is 0 Å². The second-order valence-corrected chi connectivity index (χ2v) is 7.81. The summed E-state index contributed by atoms with van der Waals surface area (Å²) >= 11 is 1.44. The van der Waals surface area contributed by atoms with E-state index in [0.29, 0.717) is 23.8 Å². The molecule has 140 valence electrons. The average molecular weight is 375 g/mol. The molecule has 7 heteroatoms. The molecule has 0 radical (unpaired) electrons. The maximum absolute atomic E-state index is 12.8. The molecule has 0 saturated carbocycles. The van der Waals surface area contributed by atoms with Crippen molar-refractivity contribution in [2.75, 3.05) is 39.0 Å². The summed E-state index contributed by atoms with van der Waals surface area (Å²) in [5, 5.41) is 3.37. The van der Waals surface area contributed by atoms with Crippen molar-refractivity contribution >= 4 is 28.3 Å². The highest BCUT2D eigenvalue weighted by atomic mass is 32.1. The van der Waals surface area contributed by atoms with Gasteiger partial charge >= 0.3 is 0 Å². The van der Waals surface area contributed by atoms with Crippen molar-refractivity contribution in [2.45, 2.75) is 20.8 Å². The molecule has 1 heterocycles. The van der Waals surface area contributed by atoms with Crippen LogP contribution in [0.4, 0.5) is 5.13 Å². The number of likely N-dealkylation sites (N-methyl/N-ethyl adjacent to an activating group) is 1. The Labute approximate surface area is 158 Å². The lowest BCUT2D eigenvalue weighted by atomic mass is 10.1. The molecular weight excluding hydrogens is 348 g/mol. The number of aromatic nitrogens is 1. The molecule has 0 unspecified atom stereocenters. The molecule has 0 spiro atoms. The van der Waals surface area contributed by atoms with Crippen LogP contribution in [0.5, 0.6) is 0 Å². The first-order valence-corrected chi connectivity index (χ1v) is 9.32. The largest absolute Gasteiger partial charge is 0.328 e. The highest BCUT2D eigenvalue weighted by Crippen LogP contribution is 2.21. The zero-order chi connectivity index (χ0) is 19.3. The van der Waals surface area contributed by atoms with Crippen molar-refractivity contribution < 1.29 is 9.59 Å². The lowest BCUT2D eigenvalue weighted by Crippen LogP contribution is -2.41. The summed E-state index contributed by atoms with van der Waals surface area (Å²) in [6, 6.07) is 7.40. The first kappa shape index (κ1) is 20.1. The van der Waals surface area contributed by atoms with Gasteiger partial charge in [0.25, 0.3) is 5.91 Å². The fourth-order valence-electron chi connectivity index (χ4n) is 2.31. The quantitative estimate of drug-likeness (QED) is 0.809. The summed E-state index contributed by atoms with van der Waals surface area (Å²) in [7, 11) is 3.88. The maximum atomic E-state index is 12.8. The first-order chi connectivity index (χ1) is 12.3. The van der Waals surface area contributed by atoms with Crippen molar-refractivity contribution in [1.82, 2.24) is 14.8 Å². The number of thiazole rings is 1. The smallest absolute Gasteiger partial charge is 0.254 e. The third-order valence-electron chi connectivity index (χ3n) is 4.01. The van der Waals surface area contributed by atoms with E-state index in [-0.39, 0.29) is 18.4 Å². The molecular formula is C19H26N4O2S. The third kappa shape index (κ3) is 5.64. The van der Waals surface area contributed by atoms with Gasteiger partial charge in [-0.05, 0) is 47.0 Å². The lowest BCUT2D eigenvalue weighted by Gasteiger charge is -2.24. The number of nitrogens with zero attached hydrogens (tertiary/aromatic N) is 3. The summed E-state index contributed by atoms with van der Waals surface area (Å²) in [4.78, 5) is 34.2. The molecule has 1 N–H and O–H groups in total. The van der Waals surface area contributed by atoms with Crippen molar-refractivity contribution in [3.05, 3.63) is 46.0 Å². The molecule has 0 saturated heterocycles. The molecule has 0 atom stereocenters. The summed E-state index contributed by atoms with van der Waals surface area (Å²) in [6.45, 7) is 7.00. The van der Waals surface area contributed by atoms with Gasteiger partial charge in [-0.1, -0.05) is 17.7 Å². The number of aryl methyl sites for hydroxylation is 3. The SMILES string of the molecule is Cc1ccc(C(=O)N(CCN(C)C)CC(=O)Nc2nc(C)c(C)s2)cc1. The van der Waals surface area contributed by atoms with E-state index in [1.807, 2.05) is 51.9 Å². The van der Waals surface area contributed by atoms with Gasteiger partial charge in [0.2, 0.25) is 5.91 Å². The predicted molar refractivity (Wildman–Crippen MR) is 106 cm³/mol. The molecule has 6 nitrogen and oxygen atoms in total. The van der Waals surface area contributed by atoms with Gasteiger partial charge < -0.3 is 15.1 Å². The van der Waals surface area contributed by atoms with Gasteiger partial charge in [-0.15, -0.1) is 11.3 Å². The van der Waals surface area contributed by atoms with E-state index in [1.54, 1.807) is 17.0 Å². The summed E-state index contributed by atoms with van der Waals surface area (Å²) in [5.74, 6) is -0.383. The van der Waals surface area contributed by atoms with Crippen LogP contribution in [-0.2, 0) is 4.79 Å². The van der Waals surface area contributed by atoms with Gasteiger partial charge in [-0.3, -0.25) is 9.59 Å². The van der Waals surface area contributed by atoms with Gasteiger partial charge in [0, 0.05) is 23.5 Å². The minimum Gasteiger partial charge on any atom is -0.328 e. The predicted octanol–water partition coefficient (Wildman–Crippen LogP) is 2.71. The van der Waals surface area contributed by atoms with Crippen LogP contribution >= 0.6 is 11.3 Å². The van der Waals surface area contributed by atoms with Crippen LogP contribution in [0.1, 0.15) is 26.5 Å². The molecule has 1 aromatic heterocycles. The highest BCUT2D eigenvalue weighted by Gasteiger charge is 2.19. The Morgan fingerprint density at radius 3 is 2.27 bits per heavy atom. The number of nitrogens with one attached hydrogen (secondary N) is 1. The molecule has 0 aliphatic carbocycles. The Bertz CT molecular complexity index is 749. The van der Waals surface area contributed by atoms with Crippen LogP contribution in [0.2, 0.25) is 0 Å². The Hall–Kier alpha value is -2.25. The van der Waals surface area contributed by atoms with Gasteiger partial charge in [-0.25, -0.2) is 4.98 Å². The number of anilines is 1. The van der Waals surface area contributed by atoms with Crippen LogP contribution in [0, 0.1) is 20.8 Å². The second-order valence-electron chi connectivity index (χ2n) is 6.60. The maximum Gasteiger partial charge on any atom is 0.254 e. The zero-order valence-electron chi connectivity index (χ0n) is 16.0. The number of benzene rings is 1. The summed E-state index contributed by atoms with van der Waals surface area (Å²) < 4.78 is 0. The van der Waals surface area contributed by atoms with Crippen molar-refractivity contribution in [3.63, 3.8) is 0 Å². The number of amides is 2. The molecule has 1 aromatic carbocycles. The Morgan fingerprint density at radius 2 is 1.73 bits per heavy atom. The molecule has 2 amide bonds. The Kier molecular flexibility index (Phi) is 6.88. The first-order valence-electron chi connectivity index (χ1n) is 8.51. The zero-order valence-corrected chi connectivity index (χ0v) is 16.8. The number of rotatable bonds is 7. The van der Waals surface area contributed by atoms with Crippen LogP contribution in [0.3, 0.4) is 0 Å². The monoisotopic (exact) mass is 374 g/mol. The van der Waals surface area contributed by atoms with Crippen LogP contribution in [-0.4, -0.2) is 60.3 Å². The minimum absolute atomic E-state index is 0.00176. The summed E-state index contributed by atoms with van der Waals surface area (Å²) in [5.41, 5.74) is 2.59. The normalized spacial score (nSPS) is 10.8. The molecule has 0 aliphatic heterocycles. The van der Waals surface area contributed by atoms with E-state index in [9.17, 15) is 9.59 Å². The van der Waals surface area contributed by atoms with E-state index in [0.717, 1.165) is 16.1 Å². The minimum atomic E-state index is -0.238. The van der Waals surface area contributed by atoms with E-state index in [2.05, 4.69) is 10.3 Å². The Morgan fingerprint density at radius 1 is 1.08 bits per heavy atom. The van der Waals surface area contributed by atoms with Crippen molar-refractivity contribution in [3.8, 4) is 0 Å². The van der Waals surface area contributed by atoms with Gasteiger partial charge in [0.15, 0.2) is 5.13 Å². The second kappa shape index (κ2) is 8.91. The molecule has 0 aliphatic rings. The van der Waals surface area contributed by atoms with Crippen molar-refractivity contribution in [2.24, 2.45) is 0 Å². The summed E-state index contributed by atoms with van der Waals surface area (Å²) in [6.07, 6.45) is 0. The number of hydrogen-bond donors (Lipinski definition) is 1.